The zero-order valence-electron chi connectivity index (χ0n) is 15.1. The van der Waals surface area contributed by atoms with Gasteiger partial charge in [0.05, 0.1) is 17.8 Å². The number of aromatic nitrogens is 1. The summed E-state index contributed by atoms with van der Waals surface area (Å²) >= 11 is 1.44. The Bertz CT molecular complexity index is 928. The van der Waals surface area contributed by atoms with Gasteiger partial charge in [-0.05, 0) is 24.5 Å². The Balaban J connectivity index is 2.03. The van der Waals surface area contributed by atoms with Crippen LogP contribution in [0, 0.1) is 0 Å². The fourth-order valence-corrected chi connectivity index (χ4v) is 2.88. The van der Waals surface area contributed by atoms with Crippen LogP contribution in [0.5, 0.6) is 0 Å². The maximum Gasteiger partial charge on any atom is 0.417 e. The average Bonchev–Trinajstić information content (AvgIpc) is 2.62. The largest absolute Gasteiger partial charge is 0.417 e. The van der Waals surface area contributed by atoms with Crippen LogP contribution in [0.4, 0.5) is 18.9 Å². The maximum atomic E-state index is 12.8. The molecule has 0 spiro atoms. The molecule has 0 fully saturated rings. The van der Waals surface area contributed by atoms with E-state index in [0.717, 1.165) is 15.9 Å². The van der Waals surface area contributed by atoms with E-state index in [4.69, 9.17) is 0 Å². The van der Waals surface area contributed by atoms with Crippen molar-refractivity contribution in [1.82, 2.24) is 9.47 Å². The van der Waals surface area contributed by atoms with Crippen molar-refractivity contribution in [2.24, 2.45) is 0 Å². The highest BCUT2D eigenvalue weighted by Gasteiger charge is 2.31. The smallest absolute Gasteiger partial charge is 0.335 e. The first-order valence-corrected chi connectivity index (χ1v) is 9.29. The Kier molecular flexibility index (Phi) is 6.90. The van der Waals surface area contributed by atoms with Crippen LogP contribution in [-0.4, -0.2) is 41.1 Å². The lowest BCUT2D eigenvalue weighted by atomic mass is 10.2. The Morgan fingerprint density at radius 2 is 1.86 bits per heavy atom. The van der Waals surface area contributed by atoms with Crippen LogP contribution < -0.4 is 10.9 Å². The first-order valence-electron chi connectivity index (χ1n) is 8.06. The fourth-order valence-electron chi connectivity index (χ4n) is 2.33. The maximum absolute atomic E-state index is 12.8. The molecule has 0 aliphatic carbocycles. The third-order valence-corrected chi connectivity index (χ3v) is 4.60. The van der Waals surface area contributed by atoms with Crippen molar-refractivity contribution in [3.05, 3.63) is 58.5 Å². The van der Waals surface area contributed by atoms with Gasteiger partial charge in [-0.1, -0.05) is 12.1 Å². The second-order valence-electron chi connectivity index (χ2n) is 5.88. The number of amides is 2. The number of hydrogen-bond acceptors (Lipinski definition) is 4. The van der Waals surface area contributed by atoms with Gasteiger partial charge in [0.25, 0.3) is 5.56 Å². The van der Waals surface area contributed by atoms with Crippen LogP contribution in [-0.2, 0) is 22.3 Å². The van der Waals surface area contributed by atoms with Gasteiger partial charge < -0.3 is 14.8 Å². The number of carbonyl (C=O) groups is 2. The summed E-state index contributed by atoms with van der Waals surface area (Å²) in [5.41, 5.74) is -1.18. The lowest BCUT2D eigenvalue weighted by Gasteiger charge is -2.18. The summed E-state index contributed by atoms with van der Waals surface area (Å²) in [4.78, 5) is 38.0. The Morgan fingerprint density at radius 1 is 1.18 bits per heavy atom. The standard InChI is InChI=1S/C18H18F3N3O3S/c1-23(10-15(25)22-13-5-3-4-6-14(13)28-2)17(27)11-24-9-12(18(19,20)21)7-8-16(24)26/h3-9H,10-11H2,1-2H3,(H,22,25). The number of likely N-dealkylation sites (N-methyl/N-ethyl adjacent to an activating group) is 1. The highest BCUT2D eigenvalue weighted by molar-refractivity contribution is 7.98. The van der Waals surface area contributed by atoms with Crippen molar-refractivity contribution >= 4 is 29.3 Å². The third kappa shape index (κ3) is 5.62. The number of nitrogens with one attached hydrogen (secondary N) is 1. The van der Waals surface area contributed by atoms with Gasteiger partial charge in [0, 0.05) is 24.2 Å². The molecule has 0 bridgehead atoms. The molecule has 2 rings (SSSR count). The predicted octanol–water partition coefficient (Wildman–Crippen LogP) is 2.69. The number of carbonyl (C=O) groups excluding carboxylic acids is 2. The van der Waals surface area contributed by atoms with Crippen molar-refractivity contribution in [1.29, 1.82) is 0 Å². The Morgan fingerprint density at radius 3 is 2.50 bits per heavy atom. The summed E-state index contributed by atoms with van der Waals surface area (Å²) in [6.45, 7) is -0.913. The van der Waals surface area contributed by atoms with Gasteiger partial charge in [0.2, 0.25) is 11.8 Å². The number of alkyl halides is 3. The quantitative estimate of drug-likeness (QED) is 0.740. The number of anilines is 1. The first kappa shape index (κ1) is 21.5. The molecule has 0 saturated carbocycles. The molecule has 10 heteroatoms. The fraction of sp³-hybridized carbons (Fsp3) is 0.278. The van der Waals surface area contributed by atoms with Crippen molar-refractivity contribution < 1.29 is 22.8 Å². The SMILES string of the molecule is CSc1ccccc1NC(=O)CN(C)C(=O)Cn1cc(C(F)(F)F)ccc1=O. The van der Waals surface area contributed by atoms with Crippen LogP contribution in [0.2, 0.25) is 0 Å². The van der Waals surface area contributed by atoms with E-state index in [0.29, 0.717) is 22.5 Å². The van der Waals surface area contributed by atoms with Crippen molar-refractivity contribution in [3.63, 3.8) is 0 Å². The number of rotatable bonds is 6. The Hall–Kier alpha value is -2.75. The summed E-state index contributed by atoms with van der Waals surface area (Å²) in [7, 11) is 1.33. The molecule has 2 aromatic rings. The minimum absolute atomic E-state index is 0.310. The molecule has 1 aromatic heterocycles. The van der Waals surface area contributed by atoms with E-state index >= 15 is 0 Å². The minimum Gasteiger partial charge on any atom is -0.335 e. The normalized spacial score (nSPS) is 11.2. The van der Waals surface area contributed by atoms with Crippen molar-refractivity contribution in [2.75, 3.05) is 25.2 Å². The molecular weight excluding hydrogens is 395 g/mol. The molecule has 0 radical (unpaired) electrons. The summed E-state index contributed by atoms with van der Waals surface area (Å²) in [5.74, 6) is -1.14. The molecular formula is C18H18F3N3O3S. The van der Waals surface area contributed by atoms with Crippen LogP contribution in [0.3, 0.4) is 0 Å². The number of para-hydroxylation sites is 1. The van der Waals surface area contributed by atoms with E-state index in [1.165, 1.54) is 18.8 Å². The molecule has 0 aliphatic heterocycles. The van der Waals surface area contributed by atoms with Crippen molar-refractivity contribution in [2.45, 2.75) is 17.6 Å². The second kappa shape index (κ2) is 8.96. The highest BCUT2D eigenvalue weighted by Crippen LogP contribution is 2.28. The van der Waals surface area contributed by atoms with Gasteiger partial charge in [-0.2, -0.15) is 13.2 Å². The topological polar surface area (TPSA) is 71.4 Å². The van der Waals surface area contributed by atoms with E-state index in [2.05, 4.69) is 5.32 Å². The molecule has 0 saturated heterocycles. The van der Waals surface area contributed by atoms with Gasteiger partial charge in [-0.15, -0.1) is 11.8 Å². The number of benzene rings is 1. The first-order chi connectivity index (χ1) is 13.1. The molecule has 150 valence electrons. The minimum atomic E-state index is -4.63. The second-order valence-corrected chi connectivity index (χ2v) is 6.73. The van der Waals surface area contributed by atoms with Gasteiger partial charge in [0.15, 0.2) is 0 Å². The van der Waals surface area contributed by atoms with Gasteiger partial charge in [-0.25, -0.2) is 0 Å². The van der Waals surface area contributed by atoms with E-state index in [1.807, 2.05) is 18.4 Å². The molecule has 1 N–H and O–H groups in total. The van der Waals surface area contributed by atoms with Gasteiger partial charge in [-0.3, -0.25) is 14.4 Å². The van der Waals surface area contributed by atoms with E-state index < -0.39 is 35.7 Å². The van der Waals surface area contributed by atoms with Crippen LogP contribution in [0.25, 0.3) is 0 Å². The molecule has 6 nitrogen and oxygen atoms in total. The number of halogens is 3. The zero-order valence-corrected chi connectivity index (χ0v) is 15.9. The molecule has 28 heavy (non-hydrogen) atoms. The number of hydrogen-bond donors (Lipinski definition) is 1. The number of nitrogens with zero attached hydrogens (tertiary/aromatic N) is 2. The predicted molar refractivity (Wildman–Crippen MR) is 100 cm³/mol. The molecule has 0 atom stereocenters. The van der Waals surface area contributed by atoms with Crippen LogP contribution in [0.1, 0.15) is 5.56 Å². The molecule has 1 aromatic carbocycles. The van der Waals surface area contributed by atoms with E-state index in [1.54, 1.807) is 12.1 Å². The molecule has 2 amide bonds. The van der Waals surface area contributed by atoms with Gasteiger partial charge in [0.1, 0.15) is 6.54 Å². The van der Waals surface area contributed by atoms with E-state index in [9.17, 15) is 27.6 Å². The summed E-state index contributed by atoms with van der Waals surface area (Å²) in [6.07, 6.45) is -2.19. The molecule has 0 unspecified atom stereocenters. The lowest BCUT2D eigenvalue weighted by Crippen LogP contribution is -2.38. The summed E-state index contributed by atoms with van der Waals surface area (Å²) in [5, 5.41) is 2.68. The average molecular weight is 413 g/mol. The highest BCUT2D eigenvalue weighted by atomic mass is 32.2. The lowest BCUT2D eigenvalue weighted by molar-refractivity contribution is -0.138. The summed E-state index contributed by atoms with van der Waals surface area (Å²) < 4.78 is 39.0. The monoisotopic (exact) mass is 413 g/mol. The molecule has 1 heterocycles. The Labute approximate surface area is 163 Å². The van der Waals surface area contributed by atoms with E-state index in [-0.39, 0.29) is 6.54 Å². The zero-order chi connectivity index (χ0) is 20.9. The van der Waals surface area contributed by atoms with Crippen LogP contribution >= 0.6 is 11.8 Å². The number of pyridine rings is 1. The van der Waals surface area contributed by atoms with Crippen LogP contribution in [0.15, 0.2) is 52.3 Å². The van der Waals surface area contributed by atoms with Crippen molar-refractivity contribution in [3.8, 4) is 0 Å². The molecule has 0 aliphatic rings. The van der Waals surface area contributed by atoms with Gasteiger partial charge >= 0.3 is 6.18 Å². The third-order valence-electron chi connectivity index (χ3n) is 3.80. The summed E-state index contributed by atoms with van der Waals surface area (Å²) in [6, 6.07) is 8.53. The number of thioether (sulfide) groups is 1.